The molecule has 3 aromatic rings. The van der Waals surface area contributed by atoms with E-state index in [0.29, 0.717) is 18.7 Å². The molecule has 7 heteroatoms. The summed E-state index contributed by atoms with van der Waals surface area (Å²) in [6.45, 7) is 2.79. The van der Waals surface area contributed by atoms with Gasteiger partial charge in [-0.1, -0.05) is 12.1 Å². The minimum Gasteiger partial charge on any atom is -0.353 e. The van der Waals surface area contributed by atoms with Crippen molar-refractivity contribution in [2.45, 2.75) is 13.5 Å². The molecule has 0 aliphatic rings. The highest BCUT2D eigenvalue weighted by Crippen LogP contribution is 2.14. The van der Waals surface area contributed by atoms with Crippen LogP contribution in [-0.4, -0.2) is 34.5 Å². The van der Waals surface area contributed by atoms with Crippen LogP contribution in [0.15, 0.2) is 48.5 Å². The predicted molar refractivity (Wildman–Crippen MR) is 96.2 cm³/mol. The number of rotatable bonds is 6. The largest absolute Gasteiger partial charge is 0.353 e. The van der Waals surface area contributed by atoms with Crippen molar-refractivity contribution in [2.24, 2.45) is 0 Å². The molecule has 2 amide bonds. The van der Waals surface area contributed by atoms with Crippen molar-refractivity contribution < 1.29 is 14.0 Å². The first kappa shape index (κ1) is 17.6. The molecule has 0 bridgehead atoms. The Kier molecular flexibility index (Phi) is 5.26. The zero-order valence-electron chi connectivity index (χ0n) is 14.3. The molecule has 134 valence electrons. The quantitative estimate of drug-likeness (QED) is 0.711. The summed E-state index contributed by atoms with van der Waals surface area (Å²) in [4.78, 5) is 28.3. The molecule has 1 aromatic heterocycles. The number of fused-ring (bicyclic) bond motifs is 1. The van der Waals surface area contributed by atoms with Gasteiger partial charge in [0.15, 0.2) is 0 Å². The number of nitrogens with one attached hydrogen (secondary N) is 2. The molecule has 0 radical (unpaired) electrons. The maximum absolute atomic E-state index is 12.8. The van der Waals surface area contributed by atoms with E-state index in [0.717, 1.165) is 16.9 Å². The zero-order valence-corrected chi connectivity index (χ0v) is 14.3. The van der Waals surface area contributed by atoms with Gasteiger partial charge in [-0.25, -0.2) is 9.37 Å². The summed E-state index contributed by atoms with van der Waals surface area (Å²) in [5.41, 5.74) is 2.24. The molecule has 0 unspecified atom stereocenters. The van der Waals surface area contributed by atoms with Crippen LogP contribution in [0, 0.1) is 12.7 Å². The average Bonchev–Trinajstić information content (AvgIpc) is 2.96. The maximum atomic E-state index is 12.8. The molecule has 0 aliphatic heterocycles. The van der Waals surface area contributed by atoms with E-state index in [-0.39, 0.29) is 12.5 Å². The first-order valence-corrected chi connectivity index (χ1v) is 8.27. The summed E-state index contributed by atoms with van der Waals surface area (Å²) in [7, 11) is 0. The van der Waals surface area contributed by atoms with Crippen molar-refractivity contribution in [3.05, 3.63) is 65.7 Å². The molecule has 6 nitrogen and oxygen atoms in total. The van der Waals surface area contributed by atoms with Crippen LogP contribution in [-0.2, 0) is 11.3 Å². The highest BCUT2D eigenvalue weighted by molar-refractivity contribution is 5.96. The lowest BCUT2D eigenvalue weighted by Gasteiger charge is -2.09. The van der Waals surface area contributed by atoms with E-state index in [1.165, 1.54) is 24.3 Å². The first-order valence-electron chi connectivity index (χ1n) is 8.27. The number of benzene rings is 2. The number of hydrogen-bond acceptors (Lipinski definition) is 3. The minimum absolute atomic E-state index is 0.139. The van der Waals surface area contributed by atoms with Gasteiger partial charge in [0.05, 0.1) is 17.6 Å². The molecule has 0 aliphatic carbocycles. The summed E-state index contributed by atoms with van der Waals surface area (Å²) in [6.07, 6.45) is 0. The van der Waals surface area contributed by atoms with E-state index >= 15 is 0 Å². The average molecular weight is 354 g/mol. The minimum atomic E-state index is -0.420. The van der Waals surface area contributed by atoms with Gasteiger partial charge in [0.25, 0.3) is 5.91 Å². The van der Waals surface area contributed by atoms with E-state index in [2.05, 4.69) is 15.6 Å². The number of nitrogens with zero attached hydrogens (tertiary/aromatic N) is 2. The fourth-order valence-electron chi connectivity index (χ4n) is 2.71. The Hall–Kier alpha value is -3.22. The van der Waals surface area contributed by atoms with Gasteiger partial charge in [0.2, 0.25) is 5.91 Å². The van der Waals surface area contributed by atoms with Crippen molar-refractivity contribution in [1.82, 2.24) is 20.2 Å². The van der Waals surface area contributed by atoms with Crippen LogP contribution < -0.4 is 10.6 Å². The number of para-hydroxylation sites is 2. The van der Waals surface area contributed by atoms with Crippen LogP contribution in [0.3, 0.4) is 0 Å². The Morgan fingerprint density at radius 1 is 1.08 bits per heavy atom. The van der Waals surface area contributed by atoms with Crippen LogP contribution in [0.4, 0.5) is 4.39 Å². The Labute approximate surface area is 150 Å². The normalized spacial score (nSPS) is 10.7. The molecule has 0 fully saturated rings. The van der Waals surface area contributed by atoms with Crippen LogP contribution in [0.2, 0.25) is 0 Å². The highest BCUT2D eigenvalue weighted by atomic mass is 19.1. The molecule has 0 saturated heterocycles. The van der Waals surface area contributed by atoms with E-state index in [1.807, 2.05) is 35.8 Å². The molecule has 2 N–H and O–H groups in total. The standard InChI is InChI=1S/C19H19FN4O2/c1-13-23-16-4-2-3-5-17(16)24(13)11-10-21-18(25)12-22-19(26)14-6-8-15(20)9-7-14/h2-9H,10-12H2,1H3,(H,21,25)(H,22,26). The number of hydrogen-bond donors (Lipinski definition) is 2. The van der Waals surface area contributed by atoms with Gasteiger partial charge in [0.1, 0.15) is 11.6 Å². The first-order chi connectivity index (χ1) is 12.5. The highest BCUT2D eigenvalue weighted by Gasteiger charge is 2.09. The van der Waals surface area contributed by atoms with Gasteiger partial charge in [-0.15, -0.1) is 0 Å². The van der Waals surface area contributed by atoms with Crippen molar-refractivity contribution in [3.63, 3.8) is 0 Å². The Morgan fingerprint density at radius 3 is 2.58 bits per heavy atom. The van der Waals surface area contributed by atoms with Crippen LogP contribution in [0.25, 0.3) is 11.0 Å². The van der Waals surface area contributed by atoms with Gasteiger partial charge < -0.3 is 15.2 Å². The topological polar surface area (TPSA) is 76.0 Å². The molecule has 1 heterocycles. The van der Waals surface area contributed by atoms with Crippen molar-refractivity contribution in [1.29, 1.82) is 0 Å². The summed E-state index contributed by atoms with van der Waals surface area (Å²) < 4.78 is 14.9. The summed E-state index contributed by atoms with van der Waals surface area (Å²) in [5, 5.41) is 5.28. The fourth-order valence-corrected chi connectivity index (χ4v) is 2.71. The fraction of sp³-hybridized carbons (Fsp3) is 0.211. The predicted octanol–water partition coefficient (Wildman–Crippen LogP) is 2.03. The second kappa shape index (κ2) is 7.77. The number of aryl methyl sites for hydroxylation is 1. The number of aromatic nitrogens is 2. The van der Waals surface area contributed by atoms with Crippen LogP contribution in [0.1, 0.15) is 16.2 Å². The Bertz CT molecular complexity index is 934. The third-order valence-electron chi connectivity index (χ3n) is 4.02. The van der Waals surface area contributed by atoms with E-state index in [4.69, 9.17) is 0 Å². The molecule has 26 heavy (non-hydrogen) atoms. The lowest BCUT2D eigenvalue weighted by molar-refractivity contribution is -0.120. The lowest BCUT2D eigenvalue weighted by atomic mass is 10.2. The van der Waals surface area contributed by atoms with Gasteiger partial charge in [-0.2, -0.15) is 0 Å². The van der Waals surface area contributed by atoms with Crippen LogP contribution >= 0.6 is 0 Å². The Balaban J connectivity index is 1.47. The van der Waals surface area contributed by atoms with Crippen molar-refractivity contribution >= 4 is 22.8 Å². The molecule has 0 saturated carbocycles. The number of imidazole rings is 1. The lowest BCUT2D eigenvalue weighted by Crippen LogP contribution is -2.38. The van der Waals surface area contributed by atoms with Gasteiger partial charge >= 0.3 is 0 Å². The molecule has 2 aromatic carbocycles. The van der Waals surface area contributed by atoms with Crippen molar-refractivity contribution in [3.8, 4) is 0 Å². The molecule has 3 rings (SSSR count). The third-order valence-corrected chi connectivity index (χ3v) is 4.02. The Morgan fingerprint density at radius 2 is 1.81 bits per heavy atom. The van der Waals surface area contributed by atoms with E-state index in [9.17, 15) is 14.0 Å². The summed E-state index contributed by atoms with van der Waals surface area (Å²) >= 11 is 0. The maximum Gasteiger partial charge on any atom is 0.251 e. The molecular weight excluding hydrogens is 335 g/mol. The number of halogens is 1. The number of carbonyl (C=O) groups is 2. The van der Waals surface area contributed by atoms with E-state index in [1.54, 1.807) is 0 Å². The summed E-state index contributed by atoms with van der Waals surface area (Å²) in [6, 6.07) is 13.0. The molecule has 0 atom stereocenters. The van der Waals surface area contributed by atoms with Gasteiger partial charge in [0, 0.05) is 18.7 Å². The van der Waals surface area contributed by atoms with Gasteiger partial charge in [-0.05, 0) is 43.3 Å². The third kappa shape index (κ3) is 4.05. The molecular formula is C19H19FN4O2. The van der Waals surface area contributed by atoms with Crippen LogP contribution in [0.5, 0.6) is 0 Å². The van der Waals surface area contributed by atoms with Crippen molar-refractivity contribution in [2.75, 3.05) is 13.1 Å². The number of carbonyl (C=O) groups excluding carboxylic acids is 2. The molecule has 0 spiro atoms. The number of amides is 2. The summed E-state index contributed by atoms with van der Waals surface area (Å²) in [5.74, 6) is -0.245. The monoisotopic (exact) mass is 354 g/mol. The second-order valence-corrected chi connectivity index (χ2v) is 5.84. The SMILES string of the molecule is Cc1nc2ccccc2n1CCNC(=O)CNC(=O)c1ccc(F)cc1. The smallest absolute Gasteiger partial charge is 0.251 e. The van der Waals surface area contributed by atoms with E-state index < -0.39 is 11.7 Å². The second-order valence-electron chi connectivity index (χ2n) is 5.84. The van der Waals surface area contributed by atoms with Gasteiger partial charge in [-0.3, -0.25) is 9.59 Å². The zero-order chi connectivity index (χ0) is 18.5.